The minimum absolute atomic E-state index is 0.112. The van der Waals surface area contributed by atoms with E-state index in [1.165, 1.54) is 49.5 Å². The summed E-state index contributed by atoms with van der Waals surface area (Å²) in [5.41, 5.74) is 17.2. The zero-order valence-electron chi connectivity index (χ0n) is 31.2. The zero-order chi connectivity index (χ0) is 37.4. The minimum Gasteiger partial charge on any atom is -0.294 e. The molecule has 0 saturated heterocycles. The number of pyridine rings is 2. The van der Waals surface area contributed by atoms with Gasteiger partial charge in [-0.25, -0.2) is 9.97 Å². The summed E-state index contributed by atoms with van der Waals surface area (Å²) in [4.78, 5) is 10.5. The highest BCUT2D eigenvalue weighted by atomic mass is 15.1. The first-order valence-corrected chi connectivity index (χ1v) is 19.3. The van der Waals surface area contributed by atoms with Crippen LogP contribution >= 0.6 is 0 Å². The van der Waals surface area contributed by atoms with Crippen LogP contribution in [0, 0.1) is 0 Å². The van der Waals surface area contributed by atoms with Gasteiger partial charge in [-0.2, -0.15) is 0 Å². The minimum atomic E-state index is -0.112. The Morgan fingerprint density at radius 2 is 0.982 bits per heavy atom. The number of hydrogen-bond acceptors (Lipinski definition) is 2. The maximum Gasteiger partial charge on any atom is 0.138 e. The average molecular weight is 716 g/mol. The number of benzene rings is 7. The second-order valence-corrected chi connectivity index (χ2v) is 15.4. The Morgan fingerprint density at radius 1 is 0.393 bits per heavy atom. The van der Waals surface area contributed by atoms with Crippen molar-refractivity contribution in [2.24, 2.45) is 0 Å². The Balaban J connectivity index is 1.06. The van der Waals surface area contributed by atoms with Crippen LogP contribution in [-0.4, -0.2) is 14.5 Å². The molecule has 3 heterocycles. The molecule has 0 aliphatic heterocycles. The lowest BCUT2D eigenvalue weighted by Gasteiger charge is -2.35. The van der Waals surface area contributed by atoms with Crippen molar-refractivity contribution in [3.05, 3.63) is 199 Å². The van der Waals surface area contributed by atoms with Gasteiger partial charge >= 0.3 is 0 Å². The number of nitrogens with zero attached hydrogens (tertiary/aromatic N) is 3. The number of aromatic nitrogens is 3. The number of para-hydroxylation sites is 1. The van der Waals surface area contributed by atoms with E-state index in [1.54, 1.807) is 0 Å². The van der Waals surface area contributed by atoms with E-state index in [0.29, 0.717) is 0 Å². The van der Waals surface area contributed by atoms with Crippen LogP contribution in [0.1, 0.15) is 25.0 Å². The first-order chi connectivity index (χ1) is 27.5. The summed E-state index contributed by atoms with van der Waals surface area (Å²) < 4.78 is 2.35. The highest BCUT2D eigenvalue weighted by Gasteiger charge is 2.34. The summed E-state index contributed by atoms with van der Waals surface area (Å²) in [5.74, 6) is 0.932. The van der Waals surface area contributed by atoms with Gasteiger partial charge < -0.3 is 0 Å². The van der Waals surface area contributed by atoms with Gasteiger partial charge in [0.2, 0.25) is 0 Å². The monoisotopic (exact) mass is 715 g/mol. The van der Waals surface area contributed by atoms with Gasteiger partial charge in [-0.05, 0) is 93.0 Å². The highest BCUT2D eigenvalue weighted by molar-refractivity contribution is 6.11. The molecule has 0 radical (unpaired) electrons. The molecule has 11 rings (SSSR count). The van der Waals surface area contributed by atoms with Gasteiger partial charge in [-0.1, -0.05) is 153 Å². The number of fused-ring (bicyclic) bond motifs is 5. The van der Waals surface area contributed by atoms with Gasteiger partial charge in [0, 0.05) is 32.7 Å². The molecule has 0 saturated carbocycles. The molecule has 0 amide bonds. The molecular weight excluding hydrogens is 679 g/mol. The Bertz CT molecular complexity index is 3100. The van der Waals surface area contributed by atoms with Crippen LogP contribution in [0.3, 0.4) is 0 Å². The maximum absolute atomic E-state index is 5.40. The van der Waals surface area contributed by atoms with Crippen molar-refractivity contribution in [3.63, 3.8) is 0 Å². The van der Waals surface area contributed by atoms with E-state index >= 15 is 0 Å². The lowest BCUT2D eigenvalue weighted by Crippen LogP contribution is -2.23. The standard InChI is InChI=1S/C53H37N3/c1-53(2)44-23-11-9-21-40(44)43-33-51(55-46-25-14-24-45(53)52(43)46)56-49-26-12-10-22-41(49)42-30-38(27-28-50(42)56)36-19-13-20-37(29-36)39-31-47(34-15-5-3-6-16-34)54-48(32-39)35-17-7-4-8-18-35/h3-33H,1-2H3. The molecule has 3 nitrogen and oxygen atoms in total. The predicted molar refractivity (Wildman–Crippen MR) is 233 cm³/mol. The Hall–Kier alpha value is -7.10. The fourth-order valence-corrected chi connectivity index (χ4v) is 9.02. The van der Waals surface area contributed by atoms with Crippen LogP contribution < -0.4 is 0 Å². The number of hydrogen-bond donors (Lipinski definition) is 0. The fourth-order valence-electron chi connectivity index (χ4n) is 9.02. The van der Waals surface area contributed by atoms with Crippen molar-refractivity contribution in [1.82, 2.24) is 14.5 Å². The van der Waals surface area contributed by atoms with Crippen molar-refractivity contribution in [1.29, 1.82) is 0 Å². The van der Waals surface area contributed by atoms with E-state index in [9.17, 15) is 0 Å². The quantitative estimate of drug-likeness (QED) is 0.178. The lowest BCUT2D eigenvalue weighted by molar-refractivity contribution is 0.645. The molecule has 3 aromatic heterocycles. The largest absolute Gasteiger partial charge is 0.294 e. The molecular formula is C53H37N3. The molecule has 1 aliphatic rings. The summed E-state index contributed by atoms with van der Waals surface area (Å²) in [6.45, 7) is 4.66. The summed E-state index contributed by atoms with van der Waals surface area (Å²) >= 11 is 0. The van der Waals surface area contributed by atoms with E-state index in [2.05, 4.69) is 194 Å². The van der Waals surface area contributed by atoms with Gasteiger partial charge in [-0.15, -0.1) is 0 Å². The molecule has 1 aliphatic carbocycles. The van der Waals surface area contributed by atoms with Crippen LogP contribution in [-0.2, 0) is 5.41 Å². The smallest absolute Gasteiger partial charge is 0.138 e. The average Bonchev–Trinajstić information content (AvgIpc) is 3.59. The fraction of sp³-hybridized carbons (Fsp3) is 0.0566. The molecule has 0 fully saturated rings. The van der Waals surface area contributed by atoms with E-state index in [4.69, 9.17) is 9.97 Å². The summed E-state index contributed by atoms with van der Waals surface area (Å²) in [6, 6.07) is 67.6. The summed E-state index contributed by atoms with van der Waals surface area (Å²) in [5, 5.41) is 3.67. The maximum atomic E-state index is 5.40. The predicted octanol–water partition coefficient (Wildman–Crippen LogP) is 13.7. The molecule has 0 spiro atoms. The molecule has 7 aromatic carbocycles. The summed E-state index contributed by atoms with van der Waals surface area (Å²) in [7, 11) is 0. The molecule has 3 heteroatoms. The third-order valence-electron chi connectivity index (χ3n) is 11.8. The molecule has 0 atom stereocenters. The van der Waals surface area contributed by atoms with E-state index in [1.807, 2.05) is 12.1 Å². The molecule has 0 unspecified atom stereocenters. The Kier molecular flexibility index (Phi) is 7.20. The normalized spacial score (nSPS) is 13.0. The molecule has 0 N–H and O–H groups in total. The van der Waals surface area contributed by atoms with Gasteiger partial charge in [0.15, 0.2) is 0 Å². The van der Waals surface area contributed by atoms with Crippen LogP contribution in [0.5, 0.6) is 0 Å². The van der Waals surface area contributed by atoms with Gasteiger partial charge in [0.05, 0.1) is 27.9 Å². The third kappa shape index (κ3) is 5.05. The van der Waals surface area contributed by atoms with E-state index < -0.39 is 0 Å². The highest BCUT2D eigenvalue weighted by Crippen LogP contribution is 2.49. The van der Waals surface area contributed by atoms with E-state index in [0.717, 1.165) is 56.0 Å². The van der Waals surface area contributed by atoms with Crippen molar-refractivity contribution >= 4 is 32.7 Å². The van der Waals surface area contributed by atoms with Crippen LogP contribution in [0.4, 0.5) is 0 Å². The van der Waals surface area contributed by atoms with Gasteiger partial charge in [-0.3, -0.25) is 4.57 Å². The van der Waals surface area contributed by atoms with Crippen molar-refractivity contribution in [2.45, 2.75) is 19.3 Å². The first-order valence-electron chi connectivity index (χ1n) is 19.3. The van der Waals surface area contributed by atoms with Crippen molar-refractivity contribution in [2.75, 3.05) is 0 Å². The third-order valence-corrected chi connectivity index (χ3v) is 11.8. The topological polar surface area (TPSA) is 30.7 Å². The van der Waals surface area contributed by atoms with E-state index in [-0.39, 0.29) is 5.41 Å². The van der Waals surface area contributed by atoms with Gasteiger partial charge in [0.25, 0.3) is 0 Å². The lowest BCUT2D eigenvalue weighted by atomic mass is 9.69. The second-order valence-electron chi connectivity index (χ2n) is 15.4. The summed E-state index contributed by atoms with van der Waals surface area (Å²) in [6.07, 6.45) is 0. The molecule has 0 bridgehead atoms. The zero-order valence-corrected chi connectivity index (χ0v) is 31.2. The van der Waals surface area contributed by atoms with Crippen molar-refractivity contribution in [3.8, 4) is 61.7 Å². The van der Waals surface area contributed by atoms with Gasteiger partial charge in [0.1, 0.15) is 5.82 Å². The first kappa shape index (κ1) is 32.3. The van der Waals surface area contributed by atoms with Crippen LogP contribution in [0.15, 0.2) is 188 Å². The second kappa shape index (κ2) is 12.5. The Morgan fingerprint density at radius 3 is 1.75 bits per heavy atom. The SMILES string of the molecule is CC1(C)c2ccccc2-c2cc(-n3c4ccccc4c4cc(-c5cccc(-c6cc(-c7ccccc7)nc(-c7ccccc7)c6)c5)ccc43)nc3cccc1c23. The van der Waals surface area contributed by atoms with Crippen molar-refractivity contribution < 1.29 is 0 Å². The molecule has 264 valence electrons. The molecule has 10 aromatic rings. The molecule has 56 heavy (non-hydrogen) atoms. The Labute approximate surface area is 326 Å². The number of rotatable bonds is 5. The van der Waals surface area contributed by atoms with Crippen LogP contribution in [0.25, 0.3) is 94.4 Å². The van der Waals surface area contributed by atoms with Crippen LogP contribution in [0.2, 0.25) is 0 Å².